The molecule has 0 amide bonds. The Morgan fingerprint density at radius 3 is 3.10 bits per heavy atom. The van der Waals surface area contributed by atoms with Gasteiger partial charge in [0.1, 0.15) is 5.76 Å². The average molecular weight is 274 g/mol. The molecule has 5 nitrogen and oxygen atoms in total. The highest BCUT2D eigenvalue weighted by atomic mass is 16.3. The molecule has 108 valence electrons. The summed E-state index contributed by atoms with van der Waals surface area (Å²) in [4.78, 5) is 6.47. The van der Waals surface area contributed by atoms with Gasteiger partial charge in [0.25, 0.3) is 0 Å². The minimum atomic E-state index is 0.398. The number of rotatable bonds is 4. The number of anilines is 1. The van der Waals surface area contributed by atoms with Crippen LogP contribution >= 0.6 is 0 Å². The van der Waals surface area contributed by atoms with E-state index in [0.717, 1.165) is 24.7 Å². The van der Waals surface area contributed by atoms with Gasteiger partial charge in [0.05, 0.1) is 18.2 Å². The van der Waals surface area contributed by atoms with Crippen LogP contribution in [0.4, 0.5) is 5.95 Å². The maximum Gasteiger partial charge on any atom is 0.204 e. The second kappa shape index (κ2) is 5.32. The fourth-order valence-corrected chi connectivity index (χ4v) is 2.94. The zero-order valence-electron chi connectivity index (χ0n) is 12.4. The topological polar surface area (TPSA) is 46.2 Å². The van der Waals surface area contributed by atoms with Crippen LogP contribution in [0.3, 0.4) is 0 Å². The van der Waals surface area contributed by atoms with E-state index >= 15 is 0 Å². The molecule has 0 saturated heterocycles. The van der Waals surface area contributed by atoms with Crippen molar-refractivity contribution < 1.29 is 4.42 Å². The Labute approximate surface area is 119 Å². The summed E-state index contributed by atoms with van der Waals surface area (Å²) in [5.41, 5.74) is 2.52. The lowest BCUT2D eigenvalue weighted by molar-refractivity contribution is 0.408. The molecule has 2 heterocycles. The Balaban J connectivity index is 1.69. The van der Waals surface area contributed by atoms with E-state index < -0.39 is 0 Å². The fourth-order valence-electron chi connectivity index (χ4n) is 2.94. The molecule has 0 aliphatic heterocycles. The van der Waals surface area contributed by atoms with Crippen molar-refractivity contribution >= 4 is 5.95 Å². The van der Waals surface area contributed by atoms with Crippen molar-refractivity contribution in [3.8, 4) is 0 Å². The molecule has 1 aliphatic carbocycles. The van der Waals surface area contributed by atoms with Crippen molar-refractivity contribution in [1.29, 1.82) is 0 Å². The number of imidazole rings is 1. The van der Waals surface area contributed by atoms with Crippen LogP contribution in [0.2, 0.25) is 0 Å². The average Bonchev–Trinajstić information content (AvgIpc) is 3.03. The van der Waals surface area contributed by atoms with Gasteiger partial charge in [-0.1, -0.05) is 0 Å². The molecule has 3 rings (SSSR count). The summed E-state index contributed by atoms with van der Waals surface area (Å²) in [6.45, 7) is 0.826. The van der Waals surface area contributed by atoms with E-state index in [0.29, 0.717) is 6.04 Å². The molecular formula is C15H22N4O. The maximum atomic E-state index is 5.53. The number of hydrogen-bond donors (Lipinski definition) is 1. The van der Waals surface area contributed by atoms with Gasteiger partial charge < -0.3 is 19.2 Å². The molecule has 0 bridgehead atoms. The summed E-state index contributed by atoms with van der Waals surface area (Å²) in [6.07, 6.45) is 7.18. The van der Waals surface area contributed by atoms with E-state index in [4.69, 9.17) is 4.42 Å². The lowest BCUT2D eigenvalue weighted by Crippen LogP contribution is -2.25. The van der Waals surface area contributed by atoms with Crippen LogP contribution in [0.25, 0.3) is 0 Å². The van der Waals surface area contributed by atoms with Gasteiger partial charge in [-0.2, -0.15) is 0 Å². The van der Waals surface area contributed by atoms with Crippen molar-refractivity contribution in [1.82, 2.24) is 14.9 Å². The van der Waals surface area contributed by atoms with Gasteiger partial charge in [-0.05, 0) is 18.9 Å². The first-order chi connectivity index (χ1) is 9.66. The third-order valence-corrected chi connectivity index (χ3v) is 4.04. The van der Waals surface area contributed by atoms with Crippen LogP contribution in [0, 0.1) is 0 Å². The predicted molar refractivity (Wildman–Crippen MR) is 78.8 cm³/mol. The molecule has 0 radical (unpaired) electrons. The number of furan rings is 1. The molecule has 0 saturated carbocycles. The molecule has 20 heavy (non-hydrogen) atoms. The van der Waals surface area contributed by atoms with Gasteiger partial charge >= 0.3 is 0 Å². The van der Waals surface area contributed by atoms with E-state index in [-0.39, 0.29) is 0 Å². The highest BCUT2D eigenvalue weighted by Crippen LogP contribution is 2.30. The van der Waals surface area contributed by atoms with E-state index in [1.807, 2.05) is 25.2 Å². The number of aryl methyl sites for hydroxylation is 1. The first-order valence-electron chi connectivity index (χ1n) is 7.14. The van der Waals surface area contributed by atoms with Crippen molar-refractivity contribution in [2.24, 2.45) is 7.05 Å². The molecule has 0 fully saturated rings. The lowest BCUT2D eigenvalue weighted by atomic mass is 9.93. The number of hydrogen-bond acceptors (Lipinski definition) is 4. The quantitative estimate of drug-likeness (QED) is 0.929. The van der Waals surface area contributed by atoms with Gasteiger partial charge in [0.2, 0.25) is 5.95 Å². The SMILES string of the molecule is CN(C)c1ncc(CN[C@H]2CCCc3occc32)n1C. The summed E-state index contributed by atoms with van der Waals surface area (Å²) in [5.74, 6) is 2.13. The molecule has 2 aromatic rings. The van der Waals surface area contributed by atoms with E-state index in [1.165, 1.54) is 24.1 Å². The van der Waals surface area contributed by atoms with Crippen LogP contribution in [-0.4, -0.2) is 23.6 Å². The first kappa shape index (κ1) is 13.2. The van der Waals surface area contributed by atoms with Crippen molar-refractivity contribution in [3.05, 3.63) is 35.5 Å². The summed E-state index contributed by atoms with van der Waals surface area (Å²) in [5, 5.41) is 3.63. The number of nitrogens with zero attached hydrogens (tertiary/aromatic N) is 3. The van der Waals surface area contributed by atoms with Crippen LogP contribution < -0.4 is 10.2 Å². The maximum absolute atomic E-state index is 5.53. The molecule has 0 aromatic carbocycles. The van der Waals surface area contributed by atoms with Gasteiger partial charge in [0.15, 0.2) is 0 Å². The molecule has 1 aliphatic rings. The minimum absolute atomic E-state index is 0.398. The van der Waals surface area contributed by atoms with Gasteiger partial charge in [-0.3, -0.25) is 0 Å². The highest BCUT2D eigenvalue weighted by molar-refractivity contribution is 5.31. The Kier molecular flexibility index (Phi) is 3.53. The number of aromatic nitrogens is 2. The molecule has 0 unspecified atom stereocenters. The fraction of sp³-hybridized carbons (Fsp3) is 0.533. The standard InChI is InChI=1S/C15H22N4O/c1-18(2)15-17-10-11(19(15)3)9-16-13-5-4-6-14-12(13)7-8-20-14/h7-8,10,13,16H,4-6,9H2,1-3H3/t13-/m0/s1. The Morgan fingerprint density at radius 2 is 2.35 bits per heavy atom. The van der Waals surface area contributed by atoms with Gasteiger partial charge in [0, 0.05) is 45.7 Å². The Hall–Kier alpha value is -1.75. The summed E-state index contributed by atoms with van der Waals surface area (Å²) in [7, 11) is 6.08. The summed E-state index contributed by atoms with van der Waals surface area (Å²) < 4.78 is 7.66. The lowest BCUT2D eigenvalue weighted by Gasteiger charge is -2.23. The Bertz CT molecular complexity index is 584. The van der Waals surface area contributed by atoms with Crippen LogP contribution in [0.5, 0.6) is 0 Å². The van der Waals surface area contributed by atoms with Crippen molar-refractivity contribution in [3.63, 3.8) is 0 Å². The van der Waals surface area contributed by atoms with Crippen molar-refractivity contribution in [2.75, 3.05) is 19.0 Å². The van der Waals surface area contributed by atoms with Gasteiger partial charge in [-0.25, -0.2) is 4.98 Å². The van der Waals surface area contributed by atoms with E-state index in [9.17, 15) is 0 Å². The van der Waals surface area contributed by atoms with E-state index in [1.54, 1.807) is 6.26 Å². The zero-order valence-corrected chi connectivity index (χ0v) is 12.4. The third kappa shape index (κ3) is 2.33. The number of fused-ring (bicyclic) bond motifs is 1. The Morgan fingerprint density at radius 1 is 1.50 bits per heavy atom. The predicted octanol–water partition coefficient (Wildman–Crippen LogP) is 2.25. The van der Waals surface area contributed by atoms with Crippen molar-refractivity contribution in [2.45, 2.75) is 31.8 Å². The molecular weight excluding hydrogens is 252 g/mol. The summed E-state index contributed by atoms with van der Waals surface area (Å²) >= 11 is 0. The molecule has 1 atom stereocenters. The third-order valence-electron chi connectivity index (χ3n) is 4.04. The first-order valence-corrected chi connectivity index (χ1v) is 7.14. The number of nitrogens with one attached hydrogen (secondary N) is 1. The largest absolute Gasteiger partial charge is 0.469 e. The molecule has 5 heteroatoms. The molecule has 0 spiro atoms. The van der Waals surface area contributed by atoms with Crippen LogP contribution in [0.15, 0.2) is 22.9 Å². The second-order valence-electron chi connectivity index (χ2n) is 5.63. The summed E-state index contributed by atoms with van der Waals surface area (Å²) in [6, 6.07) is 2.50. The monoisotopic (exact) mass is 274 g/mol. The zero-order chi connectivity index (χ0) is 14.1. The highest BCUT2D eigenvalue weighted by Gasteiger charge is 2.22. The second-order valence-corrected chi connectivity index (χ2v) is 5.63. The molecule has 1 N–H and O–H groups in total. The van der Waals surface area contributed by atoms with Crippen LogP contribution in [-0.2, 0) is 20.0 Å². The smallest absolute Gasteiger partial charge is 0.204 e. The van der Waals surface area contributed by atoms with E-state index in [2.05, 4.69) is 28.0 Å². The normalized spacial score (nSPS) is 18.1. The van der Waals surface area contributed by atoms with Crippen LogP contribution in [0.1, 0.15) is 35.9 Å². The van der Waals surface area contributed by atoms with Gasteiger partial charge in [-0.15, -0.1) is 0 Å². The molecule has 2 aromatic heterocycles. The minimum Gasteiger partial charge on any atom is -0.469 e.